The third-order valence-electron chi connectivity index (χ3n) is 25.9. The molecule has 1 aliphatic carbocycles. The van der Waals surface area contributed by atoms with Crippen LogP contribution in [0, 0.1) is 0 Å². The number of carbonyl (C=O) groups is 1. The van der Waals surface area contributed by atoms with Gasteiger partial charge in [0.25, 0.3) is 0 Å². The van der Waals surface area contributed by atoms with Crippen LogP contribution in [0.3, 0.4) is 0 Å². The second kappa shape index (κ2) is 33.4. The van der Waals surface area contributed by atoms with Crippen molar-refractivity contribution in [2.75, 3.05) is 4.90 Å². The Morgan fingerprint density at radius 3 is 0.880 bits per heavy atom. The molecule has 24 aromatic rings. The van der Waals surface area contributed by atoms with E-state index in [9.17, 15) is 4.79 Å². The number of carbonyl (C=O) groups excluding carboxylic acids is 1. The second-order valence-corrected chi connectivity index (χ2v) is 33.4. The lowest BCUT2D eigenvalue weighted by Gasteiger charge is -2.48. The first-order chi connectivity index (χ1) is 65.9. The van der Waals surface area contributed by atoms with Gasteiger partial charge in [0.05, 0.1) is 49.9 Å². The SMILES string of the molecule is O=C1c2ccccc2C2(c3ccccc31)c1ccccc1N(c1ccccc1)c1ccccc12.c1ccc(-c2nc(-c3ccccc3)nc(-c3ccccc3-c3ccccc3-c3ccc4c(c3)c3ccccc3n4-c3ccccc3)n2)cc1.c1ccc(-c2nc(-c3ccccc3)nc(-n3c4ccccc4c4cc(-c5ccc6c(c5)c5ccccc5n6-c5ccccc5)ccc43)n2)cc1. The number of rotatable bonds is 12. The molecule has 624 valence electrons. The van der Waals surface area contributed by atoms with Crippen molar-refractivity contribution >= 4 is 88.3 Å². The minimum Gasteiger partial charge on any atom is -0.310 e. The molecular weight excluding hydrogens is 1620 g/mol. The van der Waals surface area contributed by atoms with E-state index in [1.807, 2.05) is 152 Å². The summed E-state index contributed by atoms with van der Waals surface area (Å²) in [6.45, 7) is 0. The van der Waals surface area contributed by atoms with Gasteiger partial charge < -0.3 is 14.0 Å². The van der Waals surface area contributed by atoms with Gasteiger partial charge in [0.15, 0.2) is 34.9 Å². The first kappa shape index (κ1) is 78.5. The zero-order valence-corrected chi connectivity index (χ0v) is 72.1. The van der Waals surface area contributed by atoms with E-state index in [1.165, 1.54) is 60.3 Å². The lowest BCUT2D eigenvalue weighted by atomic mass is 9.57. The van der Waals surface area contributed by atoms with E-state index in [-0.39, 0.29) is 5.78 Å². The molecule has 2 aliphatic rings. The fraction of sp³-hybridized carbons (Fsp3) is 0.00820. The maximum Gasteiger partial charge on any atom is 0.238 e. The Hall–Kier alpha value is -17.9. The van der Waals surface area contributed by atoms with Crippen molar-refractivity contribution in [3.8, 4) is 108 Å². The van der Waals surface area contributed by atoms with Gasteiger partial charge in [-0.2, -0.15) is 9.97 Å². The number of para-hydroxylation sites is 8. The van der Waals surface area contributed by atoms with E-state index >= 15 is 0 Å². The Morgan fingerprint density at radius 1 is 0.180 bits per heavy atom. The van der Waals surface area contributed by atoms with E-state index in [1.54, 1.807) is 0 Å². The Kier molecular flexibility index (Phi) is 19.7. The molecule has 0 saturated carbocycles. The molecule has 26 rings (SSSR count). The number of benzene rings is 19. The highest BCUT2D eigenvalue weighted by atomic mass is 16.1. The lowest BCUT2D eigenvalue weighted by molar-refractivity contribution is 0.103. The first-order valence-electron chi connectivity index (χ1n) is 44.9. The summed E-state index contributed by atoms with van der Waals surface area (Å²) in [5.74, 6) is 3.89. The third kappa shape index (κ3) is 13.6. The van der Waals surface area contributed by atoms with Crippen LogP contribution in [0.1, 0.15) is 38.2 Å². The van der Waals surface area contributed by atoms with Gasteiger partial charge in [0.2, 0.25) is 5.95 Å². The highest BCUT2D eigenvalue weighted by molar-refractivity contribution is 6.16. The van der Waals surface area contributed by atoms with Crippen molar-refractivity contribution in [3.05, 3.63) is 519 Å². The van der Waals surface area contributed by atoms with Crippen LogP contribution in [0.2, 0.25) is 0 Å². The van der Waals surface area contributed by atoms with Crippen LogP contribution in [0.5, 0.6) is 0 Å². The highest BCUT2D eigenvalue weighted by Crippen LogP contribution is 2.60. The fourth-order valence-corrected chi connectivity index (χ4v) is 20.1. The molecule has 0 amide bonds. The molecular formula is C122H80N10O. The van der Waals surface area contributed by atoms with Crippen molar-refractivity contribution in [2.45, 2.75) is 5.41 Å². The number of nitrogens with zero attached hydrogens (tertiary/aromatic N) is 10. The molecule has 11 heteroatoms. The van der Waals surface area contributed by atoms with Crippen LogP contribution in [-0.4, -0.2) is 49.4 Å². The van der Waals surface area contributed by atoms with Crippen LogP contribution in [0.25, 0.3) is 173 Å². The van der Waals surface area contributed by atoms with Crippen LogP contribution in [-0.2, 0) is 5.41 Å². The summed E-state index contributed by atoms with van der Waals surface area (Å²) in [7, 11) is 0. The third-order valence-corrected chi connectivity index (χ3v) is 25.9. The van der Waals surface area contributed by atoms with Gasteiger partial charge in [-0.05, 0) is 159 Å². The molecule has 1 aliphatic heterocycles. The number of ketones is 1. The molecule has 0 saturated heterocycles. The number of aromatic nitrogens is 9. The van der Waals surface area contributed by atoms with Crippen LogP contribution >= 0.6 is 0 Å². The predicted octanol–water partition coefficient (Wildman–Crippen LogP) is 29.8. The fourth-order valence-electron chi connectivity index (χ4n) is 20.1. The molecule has 11 nitrogen and oxygen atoms in total. The highest BCUT2D eigenvalue weighted by Gasteiger charge is 2.51. The van der Waals surface area contributed by atoms with E-state index in [2.05, 4.69) is 352 Å². The van der Waals surface area contributed by atoms with Gasteiger partial charge in [-0.1, -0.05) is 382 Å². The summed E-state index contributed by atoms with van der Waals surface area (Å²) >= 11 is 0. The van der Waals surface area contributed by atoms with E-state index < -0.39 is 5.41 Å². The predicted molar refractivity (Wildman–Crippen MR) is 543 cm³/mol. The molecule has 6 heterocycles. The summed E-state index contributed by atoms with van der Waals surface area (Å²) in [6.07, 6.45) is 0. The maximum atomic E-state index is 13.6. The minimum atomic E-state index is -0.584. The second-order valence-electron chi connectivity index (χ2n) is 33.4. The van der Waals surface area contributed by atoms with Crippen molar-refractivity contribution in [1.29, 1.82) is 0 Å². The molecule has 1 spiro atoms. The van der Waals surface area contributed by atoms with Gasteiger partial charge in [0.1, 0.15) is 0 Å². The molecule has 0 fully saturated rings. The average molecular weight is 1700 g/mol. The number of fused-ring (bicyclic) bond motifs is 17. The standard InChI is InChI=1S/C45H29N5.C45H30N4.C32H21NO/c1-4-14-30(15-5-1)43-46-44(31-16-6-2-7-17-31)48-45(47-43)50-40-23-13-11-21-36(40)38-29-33(25-27-42(38)50)32-24-26-41-37(28-32)35-20-10-12-22-39(35)49(41)34-18-8-3-9-19-34;1-4-16-31(17-5-1)43-46-44(32-18-6-2-7-19-32)48-45(47-43)39-26-13-12-24-37(39)36-23-11-10-22-35(36)33-28-29-42-40(30-33)38-25-14-15-27-41(38)49(42)34-20-8-3-9-21-34;34-31-23-14-4-6-16-25(23)32(26-17-7-5-15-24(26)31)27-18-8-10-20-29(27)33(22-12-2-1-3-13-22)30-21-11-9-19-28(30)32/h1-29H;1-30H;1-21H. The Labute approximate surface area is 768 Å². The monoisotopic (exact) mass is 1700 g/mol. The van der Waals surface area contributed by atoms with Gasteiger partial charge >= 0.3 is 0 Å². The molecule has 133 heavy (non-hydrogen) atoms. The zero-order valence-electron chi connectivity index (χ0n) is 72.1. The average Bonchev–Trinajstić information content (AvgIpc) is 1.52. The topological polar surface area (TPSA) is 112 Å². The van der Waals surface area contributed by atoms with E-state index in [0.717, 1.165) is 128 Å². The summed E-state index contributed by atoms with van der Waals surface area (Å²) in [5.41, 5.74) is 29.5. The number of hydrogen-bond acceptors (Lipinski definition) is 8. The van der Waals surface area contributed by atoms with Crippen molar-refractivity contribution in [2.24, 2.45) is 0 Å². The van der Waals surface area contributed by atoms with Crippen LogP contribution in [0.15, 0.2) is 485 Å². The lowest BCUT2D eigenvalue weighted by Crippen LogP contribution is -2.42. The number of anilines is 3. The van der Waals surface area contributed by atoms with Gasteiger partial charge in [-0.25, -0.2) is 19.9 Å². The summed E-state index contributed by atoms with van der Waals surface area (Å²) in [5, 5.41) is 7.22. The van der Waals surface area contributed by atoms with Gasteiger partial charge in [0, 0.05) is 88.3 Å². The molecule has 5 aromatic heterocycles. The molecule has 19 aromatic carbocycles. The van der Waals surface area contributed by atoms with Gasteiger partial charge in [-0.15, -0.1) is 0 Å². The van der Waals surface area contributed by atoms with Crippen LogP contribution in [0.4, 0.5) is 17.1 Å². The summed E-state index contributed by atoms with van der Waals surface area (Å²) < 4.78 is 6.88. The van der Waals surface area contributed by atoms with Crippen molar-refractivity contribution < 1.29 is 4.79 Å². The Balaban J connectivity index is 0.000000112. The van der Waals surface area contributed by atoms with Gasteiger partial charge in [-0.3, -0.25) is 9.36 Å². The maximum absolute atomic E-state index is 13.6. The first-order valence-corrected chi connectivity index (χ1v) is 44.9. The van der Waals surface area contributed by atoms with Crippen LogP contribution < -0.4 is 4.90 Å². The Morgan fingerprint density at radius 2 is 0.459 bits per heavy atom. The normalized spacial score (nSPS) is 12.3. The van der Waals surface area contributed by atoms with E-state index in [4.69, 9.17) is 29.9 Å². The molecule has 0 unspecified atom stereocenters. The quantitative estimate of drug-likeness (QED) is 0.119. The Bertz CT molecular complexity index is 8380. The summed E-state index contributed by atoms with van der Waals surface area (Å²) in [4.78, 5) is 46.1. The largest absolute Gasteiger partial charge is 0.310 e. The molecule has 0 bridgehead atoms. The molecule has 0 N–H and O–H groups in total. The minimum absolute atomic E-state index is 0.0947. The molecule has 0 atom stereocenters. The zero-order chi connectivity index (χ0) is 88.3. The van der Waals surface area contributed by atoms with Crippen molar-refractivity contribution in [3.63, 3.8) is 0 Å². The smallest absolute Gasteiger partial charge is 0.238 e. The number of hydrogen-bond donors (Lipinski definition) is 0. The molecule has 0 radical (unpaired) electrons. The van der Waals surface area contributed by atoms with Crippen molar-refractivity contribution in [1.82, 2.24) is 43.6 Å². The van der Waals surface area contributed by atoms with E-state index in [0.29, 0.717) is 35.1 Å². The summed E-state index contributed by atoms with van der Waals surface area (Å²) in [6, 6.07) is 169.